The fourth-order valence-electron chi connectivity index (χ4n) is 2.06. The highest BCUT2D eigenvalue weighted by atomic mass is 15.2. The van der Waals surface area contributed by atoms with Crippen LogP contribution in [0.5, 0.6) is 0 Å². The highest BCUT2D eigenvalue weighted by Crippen LogP contribution is 2.30. The first-order valence-electron chi connectivity index (χ1n) is 5.81. The Kier molecular flexibility index (Phi) is 7.31. The van der Waals surface area contributed by atoms with Crippen molar-refractivity contribution < 1.29 is 0 Å². The second-order valence-electron chi connectivity index (χ2n) is 4.02. The van der Waals surface area contributed by atoms with Crippen molar-refractivity contribution in [1.29, 1.82) is 0 Å². The summed E-state index contributed by atoms with van der Waals surface area (Å²) in [5.74, 6) is 0. The van der Waals surface area contributed by atoms with E-state index in [1.165, 1.54) is 12.8 Å². The second-order valence-corrected chi connectivity index (χ2v) is 4.02. The zero-order valence-corrected chi connectivity index (χ0v) is 9.79. The van der Waals surface area contributed by atoms with Crippen LogP contribution in [0.15, 0.2) is 5.11 Å². The van der Waals surface area contributed by atoms with Crippen LogP contribution in [0.4, 0.5) is 0 Å². The maximum Gasteiger partial charge on any atom is 0.0488 e. The van der Waals surface area contributed by atoms with Gasteiger partial charge in [-0.25, -0.2) is 0 Å². The third kappa shape index (κ3) is 4.52. The molecule has 0 rings (SSSR count). The Morgan fingerprint density at radius 2 is 1.57 bits per heavy atom. The van der Waals surface area contributed by atoms with Crippen LogP contribution in [0.2, 0.25) is 0 Å². The van der Waals surface area contributed by atoms with E-state index in [4.69, 9.17) is 5.53 Å². The molecule has 0 N–H and O–H groups in total. The molecule has 0 radical (unpaired) electrons. The largest absolute Gasteiger partial charge is 0.0873 e. The van der Waals surface area contributed by atoms with Gasteiger partial charge in [-0.3, -0.25) is 0 Å². The summed E-state index contributed by atoms with van der Waals surface area (Å²) >= 11 is 0. The van der Waals surface area contributed by atoms with Gasteiger partial charge < -0.3 is 0 Å². The summed E-state index contributed by atoms with van der Waals surface area (Å²) in [4.78, 5) is 3.02. The maximum atomic E-state index is 8.61. The van der Waals surface area contributed by atoms with E-state index >= 15 is 0 Å². The predicted molar refractivity (Wildman–Crippen MR) is 61.2 cm³/mol. The molecule has 0 amide bonds. The van der Waals surface area contributed by atoms with Crippen molar-refractivity contribution in [2.75, 3.05) is 0 Å². The lowest BCUT2D eigenvalue weighted by atomic mass is 9.85. The summed E-state index contributed by atoms with van der Waals surface area (Å²) in [6.07, 6.45) is 7.66. The molecule has 0 aliphatic carbocycles. The normalized spacial score (nSPS) is 11.1. The zero-order chi connectivity index (χ0) is 10.9. The van der Waals surface area contributed by atoms with Gasteiger partial charge in [0.15, 0.2) is 0 Å². The molecule has 82 valence electrons. The first-order valence-corrected chi connectivity index (χ1v) is 5.81. The highest BCUT2D eigenvalue weighted by Gasteiger charge is 2.25. The van der Waals surface area contributed by atoms with Crippen LogP contribution in [0.3, 0.4) is 0 Å². The van der Waals surface area contributed by atoms with Crippen molar-refractivity contribution in [3.63, 3.8) is 0 Å². The van der Waals surface area contributed by atoms with Crippen LogP contribution in [-0.4, -0.2) is 5.54 Å². The van der Waals surface area contributed by atoms with Crippen LogP contribution >= 0.6 is 0 Å². The zero-order valence-electron chi connectivity index (χ0n) is 9.79. The summed E-state index contributed by atoms with van der Waals surface area (Å²) in [7, 11) is 0. The van der Waals surface area contributed by atoms with Gasteiger partial charge in [-0.15, -0.1) is 0 Å². The summed E-state index contributed by atoms with van der Waals surface area (Å²) < 4.78 is 0. The average Bonchev–Trinajstić information content (AvgIpc) is 2.16. The Morgan fingerprint density at radius 1 is 1.00 bits per heavy atom. The van der Waals surface area contributed by atoms with Crippen LogP contribution in [-0.2, 0) is 0 Å². The molecule has 0 aliphatic heterocycles. The van der Waals surface area contributed by atoms with E-state index in [2.05, 4.69) is 30.8 Å². The smallest absolute Gasteiger partial charge is 0.0488 e. The fourth-order valence-corrected chi connectivity index (χ4v) is 2.06. The number of nitrogens with zero attached hydrogens (tertiary/aromatic N) is 3. The summed E-state index contributed by atoms with van der Waals surface area (Å²) in [6.45, 7) is 6.49. The molecule has 0 atom stereocenters. The monoisotopic (exact) mass is 197 g/mol. The lowest BCUT2D eigenvalue weighted by Crippen LogP contribution is -2.25. The molecule has 3 heteroatoms. The average molecular weight is 197 g/mol. The molecule has 0 saturated carbocycles. The molecular formula is C11H23N3. The number of hydrogen-bond acceptors (Lipinski definition) is 1. The summed E-state index contributed by atoms with van der Waals surface area (Å²) in [6, 6.07) is 0. The van der Waals surface area contributed by atoms with Gasteiger partial charge >= 0.3 is 0 Å². The van der Waals surface area contributed by atoms with Gasteiger partial charge in [0.1, 0.15) is 0 Å². The topological polar surface area (TPSA) is 48.8 Å². The van der Waals surface area contributed by atoms with Crippen LogP contribution in [0.25, 0.3) is 10.4 Å². The quantitative estimate of drug-likeness (QED) is 0.304. The Balaban J connectivity index is 4.45. The standard InChI is InChI=1S/C11H23N3/c1-4-7-10-11(8-5-2,9-6-3)13-14-12/h4-10H2,1-3H3. The molecule has 3 nitrogen and oxygen atoms in total. The lowest BCUT2D eigenvalue weighted by molar-refractivity contribution is 0.323. The van der Waals surface area contributed by atoms with Gasteiger partial charge in [-0.2, -0.15) is 0 Å². The van der Waals surface area contributed by atoms with Crippen molar-refractivity contribution in [3.8, 4) is 0 Å². The number of rotatable bonds is 8. The molecule has 14 heavy (non-hydrogen) atoms. The van der Waals surface area contributed by atoms with Gasteiger partial charge in [0.2, 0.25) is 0 Å². The van der Waals surface area contributed by atoms with Crippen LogP contribution < -0.4 is 0 Å². The van der Waals surface area contributed by atoms with Crippen molar-refractivity contribution in [2.45, 2.75) is 71.3 Å². The van der Waals surface area contributed by atoms with Gasteiger partial charge in [-0.05, 0) is 24.8 Å². The lowest BCUT2D eigenvalue weighted by Gasteiger charge is -2.28. The van der Waals surface area contributed by atoms with E-state index in [9.17, 15) is 0 Å². The van der Waals surface area contributed by atoms with E-state index in [0.29, 0.717) is 0 Å². The van der Waals surface area contributed by atoms with Crippen LogP contribution in [0, 0.1) is 0 Å². The van der Waals surface area contributed by atoms with E-state index in [1.807, 2.05) is 0 Å². The molecule has 0 fully saturated rings. The molecule has 0 aromatic rings. The molecule has 0 aliphatic rings. The van der Waals surface area contributed by atoms with E-state index < -0.39 is 0 Å². The highest BCUT2D eigenvalue weighted by molar-refractivity contribution is 4.87. The Morgan fingerprint density at radius 3 is 1.93 bits per heavy atom. The van der Waals surface area contributed by atoms with E-state index in [0.717, 1.165) is 32.1 Å². The molecule has 0 aromatic carbocycles. The molecular weight excluding hydrogens is 174 g/mol. The second kappa shape index (κ2) is 7.69. The maximum absolute atomic E-state index is 8.61. The fraction of sp³-hybridized carbons (Fsp3) is 1.00. The summed E-state index contributed by atoms with van der Waals surface area (Å²) in [5, 5.41) is 4.05. The molecule has 0 bridgehead atoms. The minimum absolute atomic E-state index is 0.0890. The van der Waals surface area contributed by atoms with E-state index in [1.54, 1.807) is 0 Å². The van der Waals surface area contributed by atoms with Crippen molar-refractivity contribution in [1.82, 2.24) is 0 Å². The first kappa shape index (κ1) is 13.3. The molecule has 0 saturated heterocycles. The summed E-state index contributed by atoms with van der Waals surface area (Å²) in [5.41, 5.74) is 8.52. The van der Waals surface area contributed by atoms with Gasteiger partial charge in [0, 0.05) is 10.5 Å². The molecule has 0 aromatic heterocycles. The predicted octanol–water partition coefficient (Wildman–Crippen LogP) is 4.83. The number of hydrogen-bond donors (Lipinski definition) is 0. The van der Waals surface area contributed by atoms with Gasteiger partial charge in [-0.1, -0.05) is 51.6 Å². The third-order valence-electron chi connectivity index (χ3n) is 2.68. The molecule has 0 spiro atoms. The Bertz CT molecular complexity index is 177. The van der Waals surface area contributed by atoms with Crippen molar-refractivity contribution in [3.05, 3.63) is 10.4 Å². The number of unbranched alkanes of at least 4 members (excludes halogenated alkanes) is 1. The Labute approximate surface area is 87.5 Å². The van der Waals surface area contributed by atoms with Crippen molar-refractivity contribution >= 4 is 0 Å². The first-order chi connectivity index (χ1) is 6.74. The van der Waals surface area contributed by atoms with Crippen LogP contribution in [0.1, 0.15) is 65.7 Å². The third-order valence-corrected chi connectivity index (χ3v) is 2.68. The minimum Gasteiger partial charge on any atom is -0.0873 e. The van der Waals surface area contributed by atoms with Crippen molar-refractivity contribution in [2.24, 2.45) is 5.11 Å². The van der Waals surface area contributed by atoms with E-state index in [-0.39, 0.29) is 5.54 Å². The number of azide groups is 1. The minimum atomic E-state index is -0.0890. The molecule has 0 heterocycles. The Hall–Kier alpha value is -0.690. The SMILES string of the molecule is CCCCC(CCC)(CCC)N=[N+]=[N-]. The van der Waals surface area contributed by atoms with Gasteiger partial charge in [0.25, 0.3) is 0 Å². The van der Waals surface area contributed by atoms with Gasteiger partial charge in [0.05, 0.1) is 0 Å². The molecule has 0 unspecified atom stereocenters.